The molecule has 0 aliphatic carbocycles. The first-order valence-corrected chi connectivity index (χ1v) is 7.71. The Morgan fingerprint density at radius 1 is 1.17 bits per heavy atom. The van der Waals surface area contributed by atoms with E-state index in [1.54, 1.807) is 19.3 Å². The van der Waals surface area contributed by atoms with E-state index in [2.05, 4.69) is 15.5 Å². The molecule has 1 atom stereocenters. The summed E-state index contributed by atoms with van der Waals surface area (Å²) >= 11 is 0. The summed E-state index contributed by atoms with van der Waals surface area (Å²) in [6, 6.07) is 16.7. The van der Waals surface area contributed by atoms with Crippen LogP contribution in [0.3, 0.4) is 0 Å². The van der Waals surface area contributed by atoms with E-state index in [4.69, 9.17) is 0 Å². The van der Waals surface area contributed by atoms with Crippen LogP contribution in [0.1, 0.15) is 18.9 Å². The van der Waals surface area contributed by atoms with E-state index in [1.165, 1.54) is 0 Å². The summed E-state index contributed by atoms with van der Waals surface area (Å²) in [7, 11) is 0. The first-order chi connectivity index (χ1) is 11.5. The van der Waals surface area contributed by atoms with Crippen molar-refractivity contribution in [1.82, 2.24) is 10.2 Å². The van der Waals surface area contributed by atoms with Gasteiger partial charge in [0, 0.05) is 17.4 Å². The average Bonchev–Trinajstić information content (AvgIpc) is 3.10. The van der Waals surface area contributed by atoms with Crippen LogP contribution in [0.5, 0.6) is 0 Å². The minimum Gasteiger partial charge on any atom is -0.385 e. The molecule has 1 amide bonds. The molecule has 0 fully saturated rings. The molecule has 0 radical (unpaired) electrons. The second-order valence-corrected chi connectivity index (χ2v) is 5.93. The van der Waals surface area contributed by atoms with Crippen LogP contribution in [-0.2, 0) is 10.4 Å². The normalized spacial score (nSPS) is 13.2. The number of hydrogen-bond acceptors (Lipinski definition) is 3. The predicted octanol–water partition coefficient (Wildman–Crippen LogP) is 3.31. The maximum Gasteiger partial charge on any atom is 0.227 e. The van der Waals surface area contributed by atoms with E-state index in [-0.39, 0.29) is 12.3 Å². The number of anilines is 1. The Hall–Kier alpha value is -2.92. The molecule has 0 aliphatic heterocycles. The van der Waals surface area contributed by atoms with Gasteiger partial charge in [-0.25, -0.2) is 0 Å². The lowest BCUT2D eigenvalue weighted by molar-refractivity contribution is -0.120. The van der Waals surface area contributed by atoms with E-state index in [0.717, 1.165) is 11.1 Å². The van der Waals surface area contributed by atoms with Crippen molar-refractivity contribution >= 4 is 11.6 Å². The van der Waals surface area contributed by atoms with E-state index < -0.39 is 5.60 Å². The van der Waals surface area contributed by atoms with E-state index in [1.807, 2.05) is 54.6 Å². The third-order valence-corrected chi connectivity index (χ3v) is 3.88. The Morgan fingerprint density at radius 2 is 1.96 bits per heavy atom. The van der Waals surface area contributed by atoms with Crippen molar-refractivity contribution < 1.29 is 9.90 Å². The topological polar surface area (TPSA) is 78.0 Å². The fraction of sp³-hybridized carbons (Fsp3) is 0.158. The summed E-state index contributed by atoms with van der Waals surface area (Å²) in [5.74, 6) is -0.242. The average molecular weight is 321 g/mol. The fourth-order valence-corrected chi connectivity index (χ4v) is 2.60. The van der Waals surface area contributed by atoms with Gasteiger partial charge < -0.3 is 10.4 Å². The summed E-state index contributed by atoms with van der Waals surface area (Å²) in [6.45, 7) is 1.64. The van der Waals surface area contributed by atoms with Crippen molar-refractivity contribution in [1.29, 1.82) is 0 Å². The van der Waals surface area contributed by atoms with Gasteiger partial charge in [-0.2, -0.15) is 5.10 Å². The molecule has 0 saturated carbocycles. The summed E-state index contributed by atoms with van der Waals surface area (Å²) < 4.78 is 0. The summed E-state index contributed by atoms with van der Waals surface area (Å²) in [5.41, 5.74) is 2.08. The number of rotatable bonds is 5. The number of aliphatic hydroxyl groups is 1. The van der Waals surface area contributed by atoms with Gasteiger partial charge in [0.1, 0.15) is 0 Å². The molecule has 3 N–H and O–H groups in total. The van der Waals surface area contributed by atoms with Crippen molar-refractivity contribution in [3.63, 3.8) is 0 Å². The largest absolute Gasteiger partial charge is 0.385 e. The zero-order valence-electron chi connectivity index (χ0n) is 13.4. The molecular weight excluding hydrogens is 302 g/mol. The third kappa shape index (κ3) is 3.70. The minimum absolute atomic E-state index is 0.0209. The first kappa shape index (κ1) is 16.0. The van der Waals surface area contributed by atoms with E-state index in [9.17, 15) is 9.90 Å². The lowest BCUT2D eigenvalue weighted by Crippen LogP contribution is -2.28. The fourth-order valence-electron chi connectivity index (χ4n) is 2.60. The standard InChI is InChI=1S/C19H19N3O2/c1-19(24,16-7-3-2-4-8-16)11-18(23)22-17-9-5-6-14(10-17)15-12-20-21-13-15/h2-10,12-13,24H,11H2,1H3,(H,20,21)(H,22,23). The van der Waals surface area contributed by atoms with Gasteiger partial charge in [-0.05, 0) is 30.2 Å². The highest BCUT2D eigenvalue weighted by Gasteiger charge is 2.26. The number of nitrogens with zero attached hydrogens (tertiary/aromatic N) is 1. The number of amides is 1. The maximum atomic E-state index is 12.3. The zero-order chi connectivity index (χ0) is 17.0. The second-order valence-electron chi connectivity index (χ2n) is 5.93. The van der Waals surface area contributed by atoms with E-state index >= 15 is 0 Å². The van der Waals surface area contributed by atoms with Gasteiger partial charge in [0.25, 0.3) is 0 Å². The molecule has 5 heteroatoms. The molecule has 3 rings (SSSR count). The van der Waals surface area contributed by atoms with Crippen LogP contribution in [-0.4, -0.2) is 21.2 Å². The smallest absolute Gasteiger partial charge is 0.227 e. The minimum atomic E-state index is -1.21. The van der Waals surface area contributed by atoms with Gasteiger partial charge in [0.15, 0.2) is 0 Å². The Labute approximate surface area is 140 Å². The molecule has 5 nitrogen and oxygen atoms in total. The number of aromatic nitrogens is 2. The Morgan fingerprint density at radius 3 is 2.67 bits per heavy atom. The number of carbonyl (C=O) groups is 1. The number of benzene rings is 2. The molecule has 0 saturated heterocycles. The lowest BCUT2D eigenvalue weighted by atomic mass is 9.92. The van der Waals surface area contributed by atoms with Crippen LogP contribution in [0, 0.1) is 0 Å². The van der Waals surface area contributed by atoms with Crippen LogP contribution in [0.25, 0.3) is 11.1 Å². The Bertz CT molecular complexity index is 812. The molecule has 3 aromatic rings. The van der Waals surface area contributed by atoms with Crippen LogP contribution in [0.15, 0.2) is 67.0 Å². The second kappa shape index (κ2) is 6.68. The van der Waals surface area contributed by atoms with Crippen molar-refractivity contribution in [3.05, 3.63) is 72.6 Å². The van der Waals surface area contributed by atoms with Gasteiger partial charge in [-0.15, -0.1) is 0 Å². The Balaban J connectivity index is 1.70. The van der Waals surface area contributed by atoms with Gasteiger partial charge in [-0.1, -0.05) is 42.5 Å². The van der Waals surface area contributed by atoms with Crippen LogP contribution in [0.2, 0.25) is 0 Å². The Kier molecular flexibility index (Phi) is 4.44. The first-order valence-electron chi connectivity index (χ1n) is 7.71. The third-order valence-electron chi connectivity index (χ3n) is 3.88. The summed E-state index contributed by atoms with van der Waals surface area (Å²) in [6.07, 6.45) is 3.50. The maximum absolute atomic E-state index is 12.3. The highest BCUT2D eigenvalue weighted by atomic mass is 16.3. The molecule has 2 aromatic carbocycles. The van der Waals surface area contributed by atoms with Gasteiger partial charge in [0.2, 0.25) is 5.91 Å². The van der Waals surface area contributed by atoms with Crippen molar-refractivity contribution in [2.45, 2.75) is 18.9 Å². The van der Waals surface area contributed by atoms with Crippen LogP contribution >= 0.6 is 0 Å². The van der Waals surface area contributed by atoms with Crippen molar-refractivity contribution in [3.8, 4) is 11.1 Å². The number of carbonyl (C=O) groups excluding carboxylic acids is 1. The van der Waals surface area contributed by atoms with Gasteiger partial charge >= 0.3 is 0 Å². The number of nitrogens with one attached hydrogen (secondary N) is 2. The van der Waals surface area contributed by atoms with Crippen molar-refractivity contribution in [2.75, 3.05) is 5.32 Å². The number of aromatic amines is 1. The molecule has 0 spiro atoms. The molecular formula is C19H19N3O2. The molecule has 1 heterocycles. The van der Waals surface area contributed by atoms with Crippen LogP contribution < -0.4 is 5.32 Å². The molecule has 1 unspecified atom stereocenters. The van der Waals surface area contributed by atoms with Crippen LogP contribution in [0.4, 0.5) is 5.69 Å². The van der Waals surface area contributed by atoms with Gasteiger partial charge in [0.05, 0.1) is 18.2 Å². The number of hydrogen-bond donors (Lipinski definition) is 3. The molecule has 0 aliphatic rings. The highest BCUT2D eigenvalue weighted by Crippen LogP contribution is 2.26. The van der Waals surface area contributed by atoms with Crippen molar-refractivity contribution in [2.24, 2.45) is 0 Å². The summed E-state index contributed by atoms with van der Waals surface area (Å²) in [5, 5.41) is 20.1. The zero-order valence-corrected chi connectivity index (χ0v) is 13.4. The lowest BCUT2D eigenvalue weighted by Gasteiger charge is -2.23. The van der Waals surface area contributed by atoms with E-state index in [0.29, 0.717) is 11.3 Å². The SMILES string of the molecule is CC(O)(CC(=O)Nc1cccc(-c2cn[nH]c2)c1)c1ccccc1. The number of H-pyrrole nitrogens is 1. The predicted molar refractivity (Wildman–Crippen MR) is 93.3 cm³/mol. The van der Waals surface area contributed by atoms with Gasteiger partial charge in [-0.3, -0.25) is 9.89 Å². The monoisotopic (exact) mass is 321 g/mol. The summed E-state index contributed by atoms with van der Waals surface area (Å²) in [4.78, 5) is 12.3. The quantitative estimate of drug-likeness (QED) is 0.674. The highest BCUT2D eigenvalue weighted by molar-refractivity contribution is 5.92. The molecule has 0 bridgehead atoms. The molecule has 24 heavy (non-hydrogen) atoms. The molecule has 122 valence electrons. The molecule has 1 aromatic heterocycles.